The lowest BCUT2D eigenvalue weighted by Crippen LogP contribution is -2.45. The zero-order valence-electron chi connectivity index (χ0n) is 16.5. The Balaban J connectivity index is 0.00000625. The summed E-state index contributed by atoms with van der Waals surface area (Å²) in [6.45, 7) is 13.3. The van der Waals surface area contributed by atoms with Crippen LogP contribution in [0.3, 0.4) is 0 Å². The van der Waals surface area contributed by atoms with Crippen molar-refractivity contribution in [3.05, 3.63) is 24.5 Å². The number of rotatable bonds is 9. The second-order valence-electron chi connectivity index (χ2n) is 6.34. The lowest BCUT2D eigenvalue weighted by molar-refractivity contribution is -0.114. The molecule has 0 spiro atoms. The smallest absolute Gasteiger partial charge is 0.246 e. The van der Waals surface area contributed by atoms with Crippen LogP contribution in [0.5, 0.6) is 0 Å². The molecule has 7 nitrogen and oxygen atoms in total. The van der Waals surface area contributed by atoms with Gasteiger partial charge in [-0.1, -0.05) is 0 Å². The largest absolute Gasteiger partial charge is 0.357 e. The zero-order chi connectivity index (χ0) is 18.7. The molecule has 0 fully saturated rings. The predicted octanol–water partition coefficient (Wildman–Crippen LogP) is 2.31. The number of amides is 1. The van der Waals surface area contributed by atoms with Gasteiger partial charge in [-0.25, -0.2) is 4.99 Å². The van der Waals surface area contributed by atoms with E-state index in [4.69, 9.17) is 0 Å². The Morgan fingerprint density at radius 3 is 2.46 bits per heavy atom. The molecule has 3 N–H and O–H groups in total. The quantitative estimate of drug-likeness (QED) is 0.290. The Labute approximate surface area is 174 Å². The van der Waals surface area contributed by atoms with Gasteiger partial charge in [0.2, 0.25) is 5.91 Å². The van der Waals surface area contributed by atoms with Crippen molar-refractivity contribution in [1.82, 2.24) is 20.5 Å². The van der Waals surface area contributed by atoms with Gasteiger partial charge in [0.1, 0.15) is 6.54 Å². The van der Waals surface area contributed by atoms with E-state index in [2.05, 4.69) is 58.5 Å². The summed E-state index contributed by atoms with van der Waals surface area (Å²) in [6, 6.07) is 4.56. The zero-order valence-corrected chi connectivity index (χ0v) is 18.8. The predicted molar refractivity (Wildman–Crippen MR) is 119 cm³/mol. The molecule has 0 atom stereocenters. The van der Waals surface area contributed by atoms with Crippen molar-refractivity contribution in [2.24, 2.45) is 4.99 Å². The lowest BCUT2D eigenvalue weighted by Gasteiger charge is -2.30. The van der Waals surface area contributed by atoms with Crippen LogP contribution in [0.15, 0.2) is 29.5 Å². The number of halogens is 1. The molecule has 1 aromatic heterocycles. The third kappa shape index (κ3) is 9.91. The maximum Gasteiger partial charge on any atom is 0.246 e. The maximum atomic E-state index is 12.0. The van der Waals surface area contributed by atoms with E-state index in [0.717, 1.165) is 19.6 Å². The molecule has 0 aliphatic carbocycles. The van der Waals surface area contributed by atoms with Gasteiger partial charge in [-0.3, -0.25) is 14.7 Å². The van der Waals surface area contributed by atoms with Gasteiger partial charge in [0.15, 0.2) is 5.96 Å². The lowest BCUT2D eigenvalue weighted by atomic mass is 10.2. The molecular formula is C18H33IN6O. The number of guanidine groups is 1. The number of aliphatic imine (C=N–C) groups is 1. The Morgan fingerprint density at radius 1 is 1.23 bits per heavy atom. The summed E-state index contributed by atoms with van der Waals surface area (Å²) in [4.78, 5) is 22.7. The van der Waals surface area contributed by atoms with Crippen LogP contribution in [0.25, 0.3) is 0 Å². The molecule has 0 aromatic carbocycles. The Hall–Kier alpha value is -1.42. The number of hydrogen-bond acceptors (Lipinski definition) is 4. The third-order valence-electron chi connectivity index (χ3n) is 3.66. The first kappa shape index (κ1) is 24.6. The fourth-order valence-electron chi connectivity index (χ4n) is 2.55. The molecule has 1 rings (SSSR count). The Bertz CT molecular complexity index is 528. The summed E-state index contributed by atoms with van der Waals surface area (Å²) in [5.41, 5.74) is 0.671. The minimum atomic E-state index is -0.170. The molecule has 8 heteroatoms. The third-order valence-corrected chi connectivity index (χ3v) is 3.66. The first-order valence-electron chi connectivity index (χ1n) is 8.91. The fourth-order valence-corrected chi connectivity index (χ4v) is 2.55. The van der Waals surface area contributed by atoms with Crippen LogP contribution in [0, 0.1) is 0 Å². The van der Waals surface area contributed by atoms with Gasteiger partial charge < -0.3 is 16.0 Å². The summed E-state index contributed by atoms with van der Waals surface area (Å²) in [5.74, 6) is 0.479. The second-order valence-corrected chi connectivity index (χ2v) is 6.34. The number of hydrogen-bond donors (Lipinski definition) is 3. The van der Waals surface area contributed by atoms with Crippen molar-refractivity contribution < 1.29 is 4.79 Å². The van der Waals surface area contributed by atoms with Crippen LogP contribution >= 0.6 is 24.0 Å². The number of anilines is 1. The molecule has 1 amide bonds. The number of nitrogens with zero attached hydrogens (tertiary/aromatic N) is 3. The summed E-state index contributed by atoms with van der Waals surface area (Å²) >= 11 is 0. The highest BCUT2D eigenvalue weighted by atomic mass is 127. The molecular weight excluding hydrogens is 443 g/mol. The number of aromatic nitrogens is 1. The maximum absolute atomic E-state index is 12.0. The van der Waals surface area contributed by atoms with Crippen molar-refractivity contribution in [3.8, 4) is 0 Å². The molecule has 0 aliphatic heterocycles. The van der Waals surface area contributed by atoms with E-state index in [-0.39, 0.29) is 36.4 Å². The van der Waals surface area contributed by atoms with E-state index in [1.54, 1.807) is 24.5 Å². The second kappa shape index (κ2) is 13.7. The van der Waals surface area contributed by atoms with Crippen LogP contribution in [0.1, 0.15) is 34.6 Å². The van der Waals surface area contributed by atoms with Gasteiger partial charge in [-0.2, -0.15) is 0 Å². The van der Waals surface area contributed by atoms with Gasteiger partial charge >= 0.3 is 0 Å². The minimum absolute atomic E-state index is 0. The summed E-state index contributed by atoms with van der Waals surface area (Å²) in [7, 11) is 0. The molecule has 148 valence electrons. The fraction of sp³-hybridized carbons (Fsp3) is 0.611. The van der Waals surface area contributed by atoms with E-state index in [1.807, 2.05) is 6.92 Å². The van der Waals surface area contributed by atoms with Crippen LogP contribution in [0.4, 0.5) is 5.69 Å². The normalized spacial score (nSPS) is 11.5. The van der Waals surface area contributed by atoms with Crippen LogP contribution in [0.2, 0.25) is 0 Å². The first-order chi connectivity index (χ1) is 11.9. The monoisotopic (exact) mass is 476 g/mol. The summed E-state index contributed by atoms with van der Waals surface area (Å²) in [6.07, 6.45) is 3.27. The number of carbonyl (C=O) groups excluding carboxylic acids is 1. The van der Waals surface area contributed by atoms with E-state index >= 15 is 0 Å². The average molecular weight is 476 g/mol. The number of carbonyl (C=O) groups is 1. The van der Waals surface area contributed by atoms with Crippen molar-refractivity contribution in [2.45, 2.75) is 46.7 Å². The summed E-state index contributed by atoms with van der Waals surface area (Å²) in [5, 5.41) is 9.22. The summed E-state index contributed by atoms with van der Waals surface area (Å²) < 4.78 is 0. The highest BCUT2D eigenvalue weighted by molar-refractivity contribution is 14.0. The van der Waals surface area contributed by atoms with E-state index < -0.39 is 0 Å². The van der Waals surface area contributed by atoms with Crippen molar-refractivity contribution in [3.63, 3.8) is 0 Å². The Kier molecular flexibility index (Phi) is 13.0. The number of nitrogens with one attached hydrogen (secondary N) is 3. The standard InChI is InChI=1S/C18H32N6O.HI/c1-6-20-18(21-10-11-24(14(2)3)15(4)5)22-13-17(25)23-16-8-7-9-19-12-16;/h7-9,12,14-15H,6,10-11,13H2,1-5H3,(H,23,25)(H2,20,21,22);1H. The molecule has 1 heterocycles. The van der Waals surface area contributed by atoms with Crippen molar-refractivity contribution >= 4 is 41.5 Å². The van der Waals surface area contributed by atoms with E-state index in [0.29, 0.717) is 23.7 Å². The highest BCUT2D eigenvalue weighted by Crippen LogP contribution is 2.03. The van der Waals surface area contributed by atoms with Crippen LogP contribution in [-0.2, 0) is 4.79 Å². The molecule has 0 aliphatic rings. The molecule has 1 aromatic rings. The molecule has 0 radical (unpaired) electrons. The Morgan fingerprint density at radius 2 is 1.92 bits per heavy atom. The minimum Gasteiger partial charge on any atom is -0.357 e. The van der Waals surface area contributed by atoms with Crippen molar-refractivity contribution in [2.75, 3.05) is 31.5 Å². The highest BCUT2D eigenvalue weighted by Gasteiger charge is 2.12. The number of pyridine rings is 1. The van der Waals surface area contributed by atoms with E-state index in [9.17, 15) is 4.79 Å². The molecule has 0 bridgehead atoms. The average Bonchev–Trinajstić information content (AvgIpc) is 2.56. The first-order valence-corrected chi connectivity index (χ1v) is 8.91. The molecule has 0 unspecified atom stereocenters. The SMILES string of the molecule is CCNC(=NCC(=O)Nc1cccnc1)NCCN(C(C)C)C(C)C.I. The van der Waals surface area contributed by atoms with Gasteiger partial charge in [0.05, 0.1) is 11.9 Å². The topological polar surface area (TPSA) is 81.6 Å². The van der Waals surface area contributed by atoms with Gasteiger partial charge in [-0.15, -0.1) is 24.0 Å². The van der Waals surface area contributed by atoms with Crippen LogP contribution < -0.4 is 16.0 Å². The molecule has 0 saturated carbocycles. The van der Waals surface area contributed by atoms with E-state index in [1.165, 1.54) is 0 Å². The van der Waals surface area contributed by atoms with Crippen LogP contribution in [-0.4, -0.2) is 60.0 Å². The van der Waals surface area contributed by atoms with Gasteiger partial charge in [-0.05, 0) is 46.8 Å². The van der Waals surface area contributed by atoms with Crippen molar-refractivity contribution in [1.29, 1.82) is 0 Å². The van der Waals surface area contributed by atoms with Gasteiger partial charge in [0, 0.05) is 37.9 Å². The molecule has 0 saturated heterocycles. The van der Waals surface area contributed by atoms with Gasteiger partial charge in [0.25, 0.3) is 0 Å². The molecule has 26 heavy (non-hydrogen) atoms.